The lowest BCUT2D eigenvalue weighted by Gasteiger charge is -2.14. The molecule has 0 amide bonds. The van der Waals surface area contributed by atoms with Crippen molar-refractivity contribution in [1.82, 2.24) is 5.32 Å². The van der Waals surface area contributed by atoms with E-state index in [4.69, 9.17) is 5.73 Å². The molecule has 3 N–H and O–H groups in total. The molecule has 3 unspecified atom stereocenters. The summed E-state index contributed by atoms with van der Waals surface area (Å²) in [6, 6.07) is 1.14. The van der Waals surface area contributed by atoms with Gasteiger partial charge in [-0.05, 0) is 44.1 Å². The minimum atomic E-state index is 0.368. The monoisotopic (exact) mass is 212 g/mol. The van der Waals surface area contributed by atoms with Crippen molar-refractivity contribution < 1.29 is 0 Å². The van der Waals surface area contributed by atoms with Crippen LogP contribution in [0.3, 0.4) is 0 Å². The van der Waals surface area contributed by atoms with Crippen LogP contribution >= 0.6 is 0 Å². The summed E-state index contributed by atoms with van der Waals surface area (Å²) in [6.45, 7) is 10.3. The predicted octanol–water partition coefficient (Wildman–Crippen LogP) is 2.53. The van der Waals surface area contributed by atoms with Crippen LogP contribution in [0.15, 0.2) is 0 Å². The Labute approximate surface area is 95.0 Å². The molecular weight excluding hydrogens is 184 g/mol. The Bertz CT molecular complexity index is 187. The molecule has 1 rings (SSSR count). The van der Waals surface area contributed by atoms with E-state index in [0.717, 1.165) is 12.0 Å². The summed E-state index contributed by atoms with van der Waals surface area (Å²) in [7, 11) is 0. The summed E-state index contributed by atoms with van der Waals surface area (Å²) in [5.74, 6) is 0.792. The molecule has 3 atom stereocenters. The maximum absolute atomic E-state index is 5.73. The maximum Gasteiger partial charge on any atom is 0.0125 e. The standard InChI is InChI=1S/C13H28N2/c1-10(6-5-7-11(2)14)9-15-12-8-13(12,3)4/h10-12,15H,5-9,14H2,1-4H3. The highest BCUT2D eigenvalue weighted by atomic mass is 15.0. The van der Waals surface area contributed by atoms with Crippen LogP contribution in [0.25, 0.3) is 0 Å². The van der Waals surface area contributed by atoms with E-state index in [-0.39, 0.29) is 0 Å². The first kappa shape index (κ1) is 13.0. The number of hydrogen-bond donors (Lipinski definition) is 2. The lowest BCUT2D eigenvalue weighted by Crippen LogP contribution is -2.26. The van der Waals surface area contributed by atoms with Gasteiger partial charge in [-0.3, -0.25) is 0 Å². The van der Waals surface area contributed by atoms with Gasteiger partial charge in [0.25, 0.3) is 0 Å². The second kappa shape index (κ2) is 5.31. The van der Waals surface area contributed by atoms with E-state index < -0.39 is 0 Å². The fraction of sp³-hybridized carbons (Fsp3) is 1.00. The fourth-order valence-corrected chi connectivity index (χ4v) is 2.05. The van der Waals surface area contributed by atoms with E-state index in [1.807, 2.05) is 0 Å². The molecule has 0 spiro atoms. The van der Waals surface area contributed by atoms with Gasteiger partial charge in [0.05, 0.1) is 0 Å². The van der Waals surface area contributed by atoms with E-state index in [0.29, 0.717) is 11.5 Å². The fourth-order valence-electron chi connectivity index (χ4n) is 2.05. The average molecular weight is 212 g/mol. The van der Waals surface area contributed by atoms with Crippen LogP contribution in [0, 0.1) is 11.3 Å². The quantitative estimate of drug-likeness (QED) is 0.680. The summed E-state index contributed by atoms with van der Waals surface area (Å²) in [5, 5.41) is 3.65. The first-order chi connectivity index (χ1) is 6.92. The summed E-state index contributed by atoms with van der Waals surface area (Å²) in [6.07, 6.45) is 5.09. The van der Waals surface area contributed by atoms with Crippen molar-refractivity contribution in [3.63, 3.8) is 0 Å². The van der Waals surface area contributed by atoms with E-state index in [1.165, 1.54) is 32.2 Å². The maximum atomic E-state index is 5.73. The molecule has 1 aliphatic carbocycles. The van der Waals surface area contributed by atoms with E-state index >= 15 is 0 Å². The SMILES string of the molecule is CC(N)CCCC(C)CNC1CC1(C)C. The highest BCUT2D eigenvalue weighted by Crippen LogP contribution is 2.44. The Morgan fingerprint density at radius 2 is 1.93 bits per heavy atom. The van der Waals surface area contributed by atoms with Crippen molar-refractivity contribution in [3.8, 4) is 0 Å². The molecule has 0 aromatic heterocycles. The van der Waals surface area contributed by atoms with Crippen LogP contribution in [0.2, 0.25) is 0 Å². The predicted molar refractivity (Wildman–Crippen MR) is 66.9 cm³/mol. The Morgan fingerprint density at radius 3 is 2.40 bits per heavy atom. The zero-order chi connectivity index (χ0) is 11.5. The molecule has 0 aliphatic heterocycles. The van der Waals surface area contributed by atoms with Crippen LogP contribution in [-0.2, 0) is 0 Å². The molecule has 0 aromatic rings. The van der Waals surface area contributed by atoms with Crippen LogP contribution in [-0.4, -0.2) is 18.6 Å². The normalized spacial score (nSPS) is 27.4. The van der Waals surface area contributed by atoms with Gasteiger partial charge in [0, 0.05) is 12.1 Å². The van der Waals surface area contributed by atoms with E-state index in [9.17, 15) is 0 Å². The molecule has 1 aliphatic rings. The van der Waals surface area contributed by atoms with Crippen LogP contribution < -0.4 is 11.1 Å². The van der Waals surface area contributed by atoms with Crippen molar-refractivity contribution in [1.29, 1.82) is 0 Å². The highest BCUT2D eigenvalue weighted by molar-refractivity contribution is 5.01. The third-order valence-electron chi connectivity index (χ3n) is 3.58. The molecule has 1 saturated carbocycles. The molecule has 1 fully saturated rings. The third kappa shape index (κ3) is 4.98. The summed E-state index contributed by atoms with van der Waals surface area (Å²) >= 11 is 0. The molecule has 0 bridgehead atoms. The van der Waals surface area contributed by atoms with Gasteiger partial charge in [0.1, 0.15) is 0 Å². The van der Waals surface area contributed by atoms with Crippen LogP contribution in [0.1, 0.15) is 53.4 Å². The smallest absolute Gasteiger partial charge is 0.0125 e. The topological polar surface area (TPSA) is 38.0 Å². The molecule has 0 aromatic carbocycles. The molecule has 2 heteroatoms. The lowest BCUT2D eigenvalue weighted by atomic mass is 10.0. The van der Waals surface area contributed by atoms with Crippen molar-refractivity contribution >= 4 is 0 Å². The zero-order valence-electron chi connectivity index (χ0n) is 10.8. The van der Waals surface area contributed by atoms with Gasteiger partial charge in [0.15, 0.2) is 0 Å². The van der Waals surface area contributed by atoms with Gasteiger partial charge in [-0.1, -0.05) is 27.2 Å². The van der Waals surface area contributed by atoms with Crippen molar-refractivity contribution in [2.24, 2.45) is 17.1 Å². The van der Waals surface area contributed by atoms with Gasteiger partial charge in [-0.2, -0.15) is 0 Å². The largest absolute Gasteiger partial charge is 0.328 e. The molecule has 0 heterocycles. The van der Waals surface area contributed by atoms with Gasteiger partial charge in [0.2, 0.25) is 0 Å². The molecule has 90 valence electrons. The van der Waals surface area contributed by atoms with E-state index in [1.54, 1.807) is 0 Å². The second-order valence-corrected chi connectivity index (χ2v) is 6.17. The summed E-state index contributed by atoms with van der Waals surface area (Å²) in [5.41, 5.74) is 6.29. The third-order valence-corrected chi connectivity index (χ3v) is 3.58. The Morgan fingerprint density at radius 1 is 1.33 bits per heavy atom. The number of nitrogens with two attached hydrogens (primary N) is 1. The van der Waals surface area contributed by atoms with Gasteiger partial charge in [-0.25, -0.2) is 0 Å². The van der Waals surface area contributed by atoms with Crippen LogP contribution in [0.4, 0.5) is 0 Å². The van der Waals surface area contributed by atoms with Crippen molar-refractivity contribution in [3.05, 3.63) is 0 Å². The number of nitrogens with one attached hydrogen (secondary N) is 1. The number of hydrogen-bond acceptors (Lipinski definition) is 2. The first-order valence-electron chi connectivity index (χ1n) is 6.41. The lowest BCUT2D eigenvalue weighted by molar-refractivity contribution is 0.430. The van der Waals surface area contributed by atoms with E-state index in [2.05, 4.69) is 33.0 Å². The molecule has 0 radical (unpaired) electrons. The van der Waals surface area contributed by atoms with Gasteiger partial charge in [-0.15, -0.1) is 0 Å². The Balaban J connectivity index is 1.97. The minimum Gasteiger partial charge on any atom is -0.328 e. The van der Waals surface area contributed by atoms with Gasteiger partial charge < -0.3 is 11.1 Å². The Kier molecular flexibility index (Phi) is 4.60. The van der Waals surface area contributed by atoms with Crippen LogP contribution in [0.5, 0.6) is 0 Å². The highest BCUT2D eigenvalue weighted by Gasteiger charge is 2.45. The minimum absolute atomic E-state index is 0.368. The molecule has 15 heavy (non-hydrogen) atoms. The zero-order valence-corrected chi connectivity index (χ0v) is 10.8. The van der Waals surface area contributed by atoms with Crippen molar-refractivity contribution in [2.45, 2.75) is 65.5 Å². The summed E-state index contributed by atoms with van der Waals surface area (Å²) in [4.78, 5) is 0. The van der Waals surface area contributed by atoms with Crippen molar-refractivity contribution in [2.75, 3.05) is 6.54 Å². The van der Waals surface area contributed by atoms with Gasteiger partial charge >= 0.3 is 0 Å². The molecule has 0 saturated heterocycles. The first-order valence-corrected chi connectivity index (χ1v) is 6.41. The average Bonchev–Trinajstić information content (AvgIpc) is 2.70. The summed E-state index contributed by atoms with van der Waals surface area (Å²) < 4.78 is 0. The molecular formula is C13H28N2. The molecule has 2 nitrogen and oxygen atoms in total. The Hall–Kier alpha value is -0.0800. The second-order valence-electron chi connectivity index (χ2n) is 6.17. The number of rotatable bonds is 7.